The molecular weight excluding hydrogens is 300 g/mol. The van der Waals surface area contributed by atoms with Crippen molar-refractivity contribution in [2.24, 2.45) is 5.92 Å². The van der Waals surface area contributed by atoms with Gasteiger partial charge in [0.2, 0.25) is 11.8 Å². The van der Waals surface area contributed by atoms with Crippen molar-refractivity contribution in [2.45, 2.75) is 71.4 Å². The van der Waals surface area contributed by atoms with Crippen LogP contribution in [0.3, 0.4) is 0 Å². The predicted octanol–water partition coefficient (Wildman–Crippen LogP) is 3.51. The van der Waals surface area contributed by atoms with Crippen LogP contribution in [-0.4, -0.2) is 17.9 Å². The Balaban J connectivity index is 2.06. The number of carbonyl (C=O) groups excluding carboxylic acids is 2. The van der Waals surface area contributed by atoms with E-state index in [4.69, 9.17) is 0 Å². The zero-order chi connectivity index (χ0) is 17.5. The van der Waals surface area contributed by atoms with Crippen LogP contribution in [0.5, 0.6) is 0 Å². The lowest BCUT2D eigenvalue weighted by molar-refractivity contribution is -0.130. The summed E-state index contributed by atoms with van der Waals surface area (Å²) in [5, 5.41) is 6.09. The molecule has 132 valence electrons. The first-order chi connectivity index (χ1) is 11.5. The molecule has 2 rings (SSSR count). The molecule has 0 unspecified atom stereocenters. The maximum absolute atomic E-state index is 12.8. The molecule has 4 heteroatoms. The molecule has 0 saturated heterocycles. The van der Waals surface area contributed by atoms with Crippen LogP contribution < -0.4 is 10.6 Å². The molecule has 1 aromatic rings. The van der Waals surface area contributed by atoms with Gasteiger partial charge in [-0.2, -0.15) is 0 Å². The third-order valence-electron chi connectivity index (χ3n) is 4.52. The van der Waals surface area contributed by atoms with E-state index >= 15 is 0 Å². The van der Waals surface area contributed by atoms with Crippen LogP contribution in [0.1, 0.15) is 70.0 Å². The number of hydrogen-bond donors (Lipinski definition) is 2. The molecule has 1 aliphatic rings. The molecule has 0 bridgehead atoms. The normalized spacial score (nSPS) is 17.9. The third kappa shape index (κ3) is 5.08. The summed E-state index contributed by atoms with van der Waals surface area (Å²) in [6.45, 7) is 6.11. The van der Waals surface area contributed by atoms with E-state index in [0.29, 0.717) is 18.8 Å². The molecule has 0 saturated carbocycles. The fraction of sp³-hybridized carbons (Fsp3) is 0.600. The second-order valence-electron chi connectivity index (χ2n) is 7.15. The summed E-state index contributed by atoms with van der Waals surface area (Å²) in [6.07, 6.45) is 5.03. The Morgan fingerprint density at radius 1 is 1.25 bits per heavy atom. The Hall–Kier alpha value is -1.84. The highest BCUT2D eigenvalue weighted by molar-refractivity contribution is 5.87. The Kier molecular flexibility index (Phi) is 6.83. The number of aryl methyl sites for hydroxylation is 1. The van der Waals surface area contributed by atoms with Gasteiger partial charge in [-0.15, -0.1) is 0 Å². The average Bonchev–Trinajstić information content (AvgIpc) is 2.54. The van der Waals surface area contributed by atoms with E-state index in [1.165, 1.54) is 11.1 Å². The predicted molar refractivity (Wildman–Crippen MR) is 96.6 cm³/mol. The molecule has 0 heterocycles. The molecule has 1 aromatic carbocycles. The van der Waals surface area contributed by atoms with Gasteiger partial charge in [0.25, 0.3) is 0 Å². The standard InChI is InChI=1S/C20H30N2O2/c1-4-8-19(23)21-18(13-14(2)3)20(24)22-17-12-7-10-15-9-5-6-11-16(15)17/h5-6,9,11,14,17-18H,4,7-8,10,12-13H2,1-3H3,(H,21,23)(H,22,24)/t17-,18-/m0/s1. The number of fused-ring (bicyclic) bond motifs is 1. The van der Waals surface area contributed by atoms with Crippen LogP contribution in [0, 0.1) is 5.92 Å². The van der Waals surface area contributed by atoms with Gasteiger partial charge in [-0.05, 0) is 49.1 Å². The second-order valence-corrected chi connectivity index (χ2v) is 7.15. The van der Waals surface area contributed by atoms with Crippen LogP contribution >= 0.6 is 0 Å². The number of benzene rings is 1. The third-order valence-corrected chi connectivity index (χ3v) is 4.52. The van der Waals surface area contributed by atoms with Crippen LogP contribution in [0.25, 0.3) is 0 Å². The first-order valence-corrected chi connectivity index (χ1v) is 9.18. The van der Waals surface area contributed by atoms with Gasteiger partial charge in [-0.25, -0.2) is 0 Å². The van der Waals surface area contributed by atoms with E-state index in [2.05, 4.69) is 42.7 Å². The summed E-state index contributed by atoms with van der Waals surface area (Å²) in [7, 11) is 0. The maximum Gasteiger partial charge on any atom is 0.243 e. The molecule has 0 aliphatic heterocycles. The van der Waals surface area contributed by atoms with E-state index < -0.39 is 6.04 Å². The summed E-state index contributed by atoms with van der Waals surface area (Å²) < 4.78 is 0. The minimum Gasteiger partial charge on any atom is -0.348 e. The number of nitrogens with one attached hydrogen (secondary N) is 2. The summed E-state index contributed by atoms with van der Waals surface area (Å²) in [5.41, 5.74) is 2.55. The Bertz CT molecular complexity index is 569. The zero-order valence-corrected chi connectivity index (χ0v) is 15.1. The average molecular weight is 330 g/mol. The van der Waals surface area contributed by atoms with Crippen LogP contribution in [0.2, 0.25) is 0 Å². The molecular formula is C20H30N2O2. The largest absolute Gasteiger partial charge is 0.348 e. The van der Waals surface area contributed by atoms with Crippen molar-refractivity contribution in [1.29, 1.82) is 0 Å². The van der Waals surface area contributed by atoms with Crippen LogP contribution in [0.4, 0.5) is 0 Å². The van der Waals surface area contributed by atoms with E-state index in [0.717, 1.165) is 25.7 Å². The monoisotopic (exact) mass is 330 g/mol. The Labute approximate surface area is 145 Å². The SMILES string of the molecule is CCCC(=O)N[C@@H](CC(C)C)C(=O)N[C@H]1CCCc2ccccc21. The Morgan fingerprint density at radius 2 is 2.00 bits per heavy atom. The summed E-state index contributed by atoms with van der Waals surface area (Å²) >= 11 is 0. The fourth-order valence-electron chi connectivity index (χ4n) is 3.37. The molecule has 1 aliphatic carbocycles. The highest BCUT2D eigenvalue weighted by Crippen LogP contribution is 2.29. The zero-order valence-electron chi connectivity index (χ0n) is 15.1. The summed E-state index contributed by atoms with van der Waals surface area (Å²) in [6, 6.07) is 7.93. The van der Waals surface area contributed by atoms with Gasteiger partial charge in [-0.1, -0.05) is 45.0 Å². The molecule has 2 atom stereocenters. The van der Waals surface area contributed by atoms with E-state index in [1.54, 1.807) is 0 Å². The Morgan fingerprint density at radius 3 is 2.71 bits per heavy atom. The lowest BCUT2D eigenvalue weighted by atomic mass is 9.87. The lowest BCUT2D eigenvalue weighted by Crippen LogP contribution is -2.48. The molecule has 2 amide bonds. The van der Waals surface area contributed by atoms with Gasteiger partial charge in [-0.3, -0.25) is 9.59 Å². The molecule has 24 heavy (non-hydrogen) atoms. The van der Waals surface area contributed by atoms with Crippen molar-refractivity contribution in [2.75, 3.05) is 0 Å². The van der Waals surface area contributed by atoms with Crippen molar-refractivity contribution in [3.8, 4) is 0 Å². The highest BCUT2D eigenvalue weighted by Gasteiger charge is 2.26. The maximum atomic E-state index is 12.8. The number of carbonyl (C=O) groups is 2. The number of rotatable bonds is 7. The smallest absolute Gasteiger partial charge is 0.243 e. The minimum atomic E-state index is -0.446. The number of hydrogen-bond acceptors (Lipinski definition) is 2. The van der Waals surface area contributed by atoms with Crippen molar-refractivity contribution < 1.29 is 9.59 Å². The lowest BCUT2D eigenvalue weighted by Gasteiger charge is -2.29. The van der Waals surface area contributed by atoms with Crippen LogP contribution in [0.15, 0.2) is 24.3 Å². The van der Waals surface area contributed by atoms with Crippen LogP contribution in [-0.2, 0) is 16.0 Å². The fourth-order valence-corrected chi connectivity index (χ4v) is 3.37. The molecule has 2 N–H and O–H groups in total. The van der Waals surface area contributed by atoms with Crippen molar-refractivity contribution in [3.63, 3.8) is 0 Å². The first kappa shape index (κ1) is 18.5. The molecule has 0 aromatic heterocycles. The minimum absolute atomic E-state index is 0.0395. The highest BCUT2D eigenvalue weighted by atomic mass is 16.2. The van der Waals surface area contributed by atoms with Crippen molar-refractivity contribution >= 4 is 11.8 Å². The molecule has 4 nitrogen and oxygen atoms in total. The summed E-state index contributed by atoms with van der Waals surface area (Å²) in [5.74, 6) is 0.249. The van der Waals surface area contributed by atoms with E-state index in [-0.39, 0.29) is 17.9 Å². The first-order valence-electron chi connectivity index (χ1n) is 9.18. The molecule has 0 spiro atoms. The van der Waals surface area contributed by atoms with Crippen molar-refractivity contribution in [1.82, 2.24) is 10.6 Å². The topological polar surface area (TPSA) is 58.2 Å². The number of amides is 2. The van der Waals surface area contributed by atoms with E-state index in [9.17, 15) is 9.59 Å². The van der Waals surface area contributed by atoms with Gasteiger partial charge < -0.3 is 10.6 Å². The van der Waals surface area contributed by atoms with Gasteiger partial charge in [0.1, 0.15) is 6.04 Å². The van der Waals surface area contributed by atoms with E-state index in [1.807, 2.05) is 13.0 Å². The van der Waals surface area contributed by atoms with Gasteiger partial charge in [0, 0.05) is 6.42 Å². The summed E-state index contributed by atoms with van der Waals surface area (Å²) in [4.78, 5) is 24.7. The van der Waals surface area contributed by atoms with Gasteiger partial charge in [0.15, 0.2) is 0 Å². The molecule has 0 radical (unpaired) electrons. The molecule has 0 fully saturated rings. The van der Waals surface area contributed by atoms with Crippen molar-refractivity contribution in [3.05, 3.63) is 35.4 Å². The second kappa shape index (κ2) is 8.86. The quantitative estimate of drug-likeness (QED) is 0.804. The van der Waals surface area contributed by atoms with Gasteiger partial charge >= 0.3 is 0 Å². The van der Waals surface area contributed by atoms with Gasteiger partial charge in [0.05, 0.1) is 6.04 Å².